The Morgan fingerprint density at radius 1 is 1.50 bits per heavy atom. The molecule has 2 aromatic rings. The summed E-state index contributed by atoms with van der Waals surface area (Å²) in [5.41, 5.74) is 1.58. The molecule has 0 aliphatic rings. The van der Waals surface area contributed by atoms with Crippen molar-refractivity contribution in [3.05, 3.63) is 46.6 Å². The summed E-state index contributed by atoms with van der Waals surface area (Å²) in [5, 5.41) is 3.31. The molecule has 4 heteroatoms. The second-order valence-corrected chi connectivity index (χ2v) is 5.36. The van der Waals surface area contributed by atoms with E-state index >= 15 is 0 Å². The van der Waals surface area contributed by atoms with Gasteiger partial charge in [0.25, 0.3) is 5.91 Å². The van der Waals surface area contributed by atoms with Gasteiger partial charge in [-0.2, -0.15) is 0 Å². The fourth-order valence-electron chi connectivity index (χ4n) is 1.78. The van der Waals surface area contributed by atoms with Crippen LogP contribution in [0, 0.1) is 12.7 Å². The maximum atomic E-state index is 13.7. The highest BCUT2D eigenvalue weighted by molar-refractivity contribution is 7.21. The number of thiophene rings is 1. The number of nitrogens with one attached hydrogen (secondary N) is 1. The van der Waals surface area contributed by atoms with Gasteiger partial charge >= 0.3 is 0 Å². The summed E-state index contributed by atoms with van der Waals surface area (Å²) < 4.78 is 14.5. The highest BCUT2D eigenvalue weighted by atomic mass is 32.1. The second-order valence-electron chi connectivity index (χ2n) is 4.31. The minimum Gasteiger partial charge on any atom is -0.348 e. The largest absolute Gasteiger partial charge is 0.348 e. The van der Waals surface area contributed by atoms with Gasteiger partial charge in [0.1, 0.15) is 5.82 Å². The van der Waals surface area contributed by atoms with E-state index in [2.05, 4.69) is 11.9 Å². The number of rotatable bonds is 3. The molecule has 0 saturated carbocycles. The molecule has 0 spiro atoms. The lowest BCUT2D eigenvalue weighted by Crippen LogP contribution is -2.24. The van der Waals surface area contributed by atoms with Crippen molar-refractivity contribution in [2.45, 2.75) is 13.8 Å². The Kier molecular flexibility index (Phi) is 3.48. The summed E-state index contributed by atoms with van der Waals surface area (Å²) in [5.74, 6) is -0.448. The van der Waals surface area contributed by atoms with Gasteiger partial charge < -0.3 is 5.32 Å². The summed E-state index contributed by atoms with van der Waals surface area (Å²) in [7, 11) is 0. The summed E-state index contributed by atoms with van der Waals surface area (Å²) in [4.78, 5) is 12.6. The van der Waals surface area contributed by atoms with E-state index in [1.54, 1.807) is 13.0 Å². The zero-order chi connectivity index (χ0) is 13.3. The molecule has 0 aliphatic heterocycles. The van der Waals surface area contributed by atoms with Crippen LogP contribution < -0.4 is 5.32 Å². The molecule has 0 aliphatic carbocycles. The molecule has 2 rings (SSSR count). The normalized spacial score (nSPS) is 10.6. The predicted octanol–water partition coefficient (Wildman–Crippen LogP) is 3.65. The average molecular weight is 263 g/mol. The molecule has 0 unspecified atom stereocenters. The van der Waals surface area contributed by atoms with Gasteiger partial charge in [-0.1, -0.05) is 18.2 Å². The van der Waals surface area contributed by atoms with Crippen LogP contribution in [0.3, 0.4) is 0 Å². The zero-order valence-corrected chi connectivity index (χ0v) is 11.2. The lowest BCUT2D eigenvalue weighted by atomic mass is 10.1. The quantitative estimate of drug-likeness (QED) is 0.841. The van der Waals surface area contributed by atoms with Crippen LogP contribution >= 0.6 is 11.3 Å². The van der Waals surface area contributed by atoms with Gasteiger partial charge in [-0.05, 0) is 31.5 Å². The third-order valence-corrected chi connectivity index (χ3v) is 3.92. The van der Waals surface area contributed by atoms with E-state index in [0.717, 1.165) is 10.3 Å². The number of hydrogen-bond acceptors (Lipinski definition) is 2. The van der Waals surface area contributed by atoms with E-state index in [-0.39, 0.29) is 11.7 Å². The number of aryl methyl sites for hydroxylation is 1. The molecule has 18 heavy (non-hydrogen) atoms. The van der Waals surface area contributed by atoms with Crippen molar-refractivity contribution in [3.63, 3.8) is 0 Å². The summed E-state index contributed by atoms with van der Waals surface area (Å²) in [6, 6.07) is 4.90. The molecule has 0 fully saturated rings. The molecule has 0 bridgehead atoms. The molecule has 1 aromatic carbocycles. The molecule has 1 aromatic heterocycles. The maximum Gasteiger partial charge on any atom is 0.261 e. The number of benzene rings is 1. The number of fused-ring (bicyclic) bond motifs is 1. The molecular formula is C14H14FNOS. The van der Waals surface area contributed by atoms with Crippen LogP contribution in [0.15, 0.2) is 30.4 Å². The topological polar surface area (TPSA) is 29.1 Å². The van der Waals surface area contributed by atoms with Crippen molar-refractivity contribution in [2.24, 2.45) is 0 Å². The minimum absolute atomic E-state index is 0.170. The Balaban J connectivity index is 2.40. The summed E-state index contributed by atoms with van der Waals surface area (Å²) >= 11 is 1.32. The van der Waals surface area contributed by atoms with E-state index in [9.17, 15) is 9.18 Å². The van der Waals surface area contributed by atoms with Gasteiger partial charge in [0.15, 0.2) is 0 Å². The smallest absolute Gasteiger partial charge is 0.261 e. The number of halogens is 1. The number of carbonyl (C=O) groups excluding carboxylic acids is 1. The summed E-state index contributed by atoms with van der Waals surface area (Å²) in [6.45, 7) is 7.79. The van der Waals surface area contributed by atoms with Crippen LogP contribution in [-0.2, 0) is 0 Å². The first-order valence-corrected chi connectivity index (χ1v) is 6.42. The Hall–Kier alpha value is -1.68. The molecule has 1 N–H and O–H groups in total. The van der Waals surface area contributed by atoms with Crippen LogP contribution in [0.25, 0.3) is 10.1 Å². The number of amides is 1. The molecule has 1 amide bonds. The molecule has 0 saturated heterocycles. The zero-order valence-electron chi connectivity index (χ0n) is 10.3. The van der Waals surface area contributed by atoms with Crippen LogP contribution in [-0.4, -0.2) is 12.5 Å². The first-order chi connectivity index (χ1) is 8.50. The third kappa shape index (κ3) is 2.29. The Bertz CT molecular complexity index is 630. The van der Waals surface area contributed by atoms with E-state index in [4.69, 9.17) is 0 Å². The Morgan fingerprint density at radius 2 is 2.22 bits per heavy atom. The van der Waals surface area contributed by atoms with Crippen molar-refractivity contribution in [1.29, 1.82) is 0 Å². The standard InChI is InChI=1S/C14H14FNOS/c1-8(2)7-16-14(17)13-9(3)12-10(15)5-4-6-11(12)18-13/h4-6H,1,7H2,2-3H3,(H,16,17). The lowest BCUT2D eigenvalue weighted by Gasteiger charge is -2.03. The molecular weight excluding hydrogens is 249 g/mol. The van der Waals surface area contributed by atoms with E-state index < -0.39 is 0 Å². The van der Waals surface area contributed by atoms with Gasteiger partial charge in [-0.25, -0.2) is 4.39 Å². The van der Waals surface area contributed by atoms with Crippen molar-refractivity contribution >= 4 is 27.3 Å². The van der Waals surface area contributed by atoms with Crippen LogP contribution in [0.1, 0.15) is 22.2 Å². The highest BCUT2D eigenvalue weighted by Crippen LogP contribution is 2.32. The minimum atomic E-state index is -0.278. The Morgan fingerprint density at radius 3 is 2.83 bits per heavy atom. The van der Waals surface area contributed by atoms with Crippen molar-refractivity contribution in [1.82, 2.24) is 5.32 Å². The first-order valence-electron chi connectivity index (χ1n) is 5.61. The number of carbonyl (C=O) groups is 1. The predicted molar refractivity (Wildman–Crippen MR) is 73.7 cm³/mol. The van der Waals surface area contributed by atoms with Crippen LogP contribution in [0.2, 0.25) is 0 Å². The Labute approximate surface area is 109 Å². The first kappa shape index (κ1) is 12.8. The lowest BCUT2D eigenvalue weighted by molar-refractivity contribution is 0.0960. The van der Waals surface area contributed by atoms with Crippen LogP contribution in [0.4, 0.5) is 4.39 Å². The van der Waals surface area contributed by atoms with E-state index in [1.807, 2.05) is 13.0 Å². The fourth-order valence-corrected chi connectivity index (χ4v) is 2.92. The summed E-state index contributed by atoms with van der Waals surface area (Å²) in [6.07, 6.45) is 0. The third-order valence-electron chi connectivity index (χ3n) is 2.66. The highest BCUT2D eigenvalue weighted by Gasteiger charge is 2.17. The van der Waals surface area contributed by atoms with E-state index in [0.29, 0.717) is 22.4 Å². The number of hydrogen-bond donors (Lipinski definition) is 1. The van der Waals surface area contributed by atoms with Gasteiger partial charge in [0.2, 0.25) is 0 Å². The monoisotopic (exact) mass is 263 g/mol. The second kappa shape index (κ2) is 4.90. The molecule has 0 radical (unpaired) electrons. The SMILES string of the molecule is C=C(C)CNC(=O)c1sc2cccc(F)c2c1C. The maximum absolute atomic E-state index is 13.7. The average Bonchev–Trinajstić information content (AvgIpc) is 2.65. The van der Waals surface area contributed by atoms with Crippen molar-refractivity contribution in [2.75, 3.05) is 6.54 Å². The molecule has 1 heterocycles. The van der Waals surface area contributed by atoms with Gasteiger partial charge in [-0.3, -0.25) is 4.79 Å². The molecule has 2 nitrogen and oxygen atoms in total. The van der Waals surface area contributed by atoms with Crippen molar-refractivity contribution < 1.29 is 9.18 Å². The van der Waals surface area contributed by atoms with Gasteiger partial charge in [-0.15, -0.1) is 11.3 Å². The van der Waals surface area contributed by atoms with E-state index in [1.165, 1.54) is 17.4 Å². The van der Waals surface area contributed by atoms with Crippen LogP contribution in [0.5, 0.6) is 0 Å². The fraction of sp³-hybridized carbons (Fsp3) is 0.214. The van der Waals surface area contributed by atoms with Crippen molar-refractivity contribution in [3.8, 4) is 0 Å². The molecule has 94 valence electrons. The van der Waals surface area contributed by atoms with Gasteiger partial charge in [0.05, 0.1) is 4.88 Å². The van der Waals surface area contributed by atoms with Gasteiger partial charge in [0, 0.05) is 16.6 Å². The molecule has 0 atom stereocenters.